The zero-order valence-electron chi connectivity index (χ0n) is 10.4. The van der Waals surface area contributed by atoms with Gasteiger partial charge in [0.1, 0.15) is 11.6 Å². The molecule has 2 aliphatic carbocycles. The van der Waals surface area contributed by atoms with E-state index in [0.717, 1.165) is 42.4 Å². The molecule has 4 heteroatoms. The SMILES string of the molecule is CCn1c(CCl)nnc1CC1CC2CCC1C2. The maximum atomic E-state index is 5.88. The Morgan fingerprint density at radius 3 is 2.65 bits per heavy atom. The largest absolute Gasteiger partial charge is 0.314 e. The molecule has 2 fully saturated rings. The van der Waals surface area contributed by atoms with E-state index in [0.29, 0.717) is 5.88 Å². The van der Waals surface area contributed by atoms with Crippen molar-refractivity contribution in [2.75, 3.05) is 0 Å². The Labute approximate surface area is 108 Å². The molecule has 0 amide bonds. The highest BCUT2D eigenvalue weighted by atomic mass is 35.5. The van der Waals surface area contributed by atoms with Crippen molar-refractivity contribution in [1.29, 1.82) is 0 Å². The first-order valence-corrected chi connectivity index (χ1v) is 7.32. The van der Waals surface area contributed by atoms with Crippen LogP contribution in [0.2, 0.25) is 0 Å². The molecular formula is C13H20ClN3. The molecule has 0 N–H and O–H groups in total. The average Bonchev–Trinajstić information content (AvgIpc) is 3.02. The zero-order chi connectivity index (χ0) is 11.8. The summed E-state index contributed by atoms with van der Waals surface area (Å²) < 4.78 is 2.19. The molecule has 1 aromatic rings. The number of fused-ring (bicyclic) bond motifs is 2. The van der Waals surface area contributed by atoms with Crippen LogP contribution in [-0.4, -0.2) is 14.8 Å². The molecule has 0 saturated heterocycles. The van der Waals surface area contributed by atoms with E-state index in [1.54, 1.807) is 0 Å². The molecule has 0 radical (unpaired) electrons. The van der Waals surface area contributed by atoms with Gasteiger partial charge in [-0.1, -0.05) is 6.42 Å². The number of rotatable bonds is 4. The lowest BCUT2D eigenvalue weighted by molar-refractivity contribution is 0.323. The fourth-order valence-corrected chi connectivity index (χ4v) is 4.05. The van der Waals surface area contributed by atoms with Crippen LogP contribution in [0.4, 0.5) is 0 Å². The summed E-state index contributed by atoms with van der Waals surface area (Å²) in [7, 11) is 0. The lowest BCUT2D eigenvalue weighted by Gasteiger charge is -2.21. The molecule has 2 bridgehead atoms. The molecule has 17 heavy (non-hydrogen) atoms. The summed E-state index contributed by atoms with van der Waals surface area (Å²) in [5.74, 6) is 5.37. The van der Waals surface area contributed by atoms with Crippen LogP contribution in [0.1, 0.15) is 44.3 Å². The number of aromatic nitrogens is 3. The van der Waals surface area contributed by atoms with Gasteiger partial charge in [-0.05, 0) is 43.9 Å². The van der Waals surface area contributed by atoms with Gasteiger partial charge in [0.25, 0.3) is 0 Å². The Balaban J connectivity index is 1.74. The zero-order valence-corrected chi connectivity index (χ0v) is 11.2. The minimum atomic E-state index is 0.470. The number of alkyl halides is 1. The topological polar surface area (TPSA) is 30.7 Å². The predicted molar refractivity (Wildman–Crippen MR) is 67.9 cm³/mol. The number of hydrogen-bond acceptors (Lipinski definition) is 2. The van der Waals surface area contributed by atoms with Gasteiger partial charge < -0.3 is 4.57 Å². The van der Waals surface area contributed by atoms with E-state index in [-0.39, 0.29) is 0 Å². The van der Waals surface area contributed by atoms with Gasteiger partial charge in [0.15, 0.2) is 0 Å². The van der Waals surface area contributed by atoms with Crippen LogP contribution in [0, 0.1) is 17.8 Å². The van der Waals surface area contributed by atoms with Crippen molar-refractivity contribution < 1.29 is 0 Å². The van der Waals surface area contributed by atoms with E-state index in [1.807, 2.05) is 0 Å². The standard InChI is InChI=1S/C13H20ClN3/c1-2-17-12(15-16-13(17)8-14)7-11-6-9-3-4-10(11)5-9/h9-11H,2-8H2,1H3. The summed E-state index contributed by atoms with van der Waals surface area (Å²) in [5, 5.41) is 8.52. The maximum absolute atomic E-state index is 5.88. The van der Waals surface area contributed by atoms with Crippen LogP contribution < -0.4 is 0 Å². The second kappa shape index (κ2) is 4.60. The van der Waals surface area contributed by atoms with Crippen LogP contribution >= 0.6 is 11.6 Å². The number of nitrogens with zero attached hydrogens (tertiary/aromatic N) is 3. The second-order valence-electron chi connectivity index (χ2n) is 5.55. The van der Waals surface area contributed by atoms with E-state index < -0.39 is 0 Å². The molecule has 3 nitrogen and oxygen atoms in total. The molecule has 3 rings (SSSR count). The van der Waals surface area contributed by atoms with E-state index >= 15 is 0 Å². The molecule has 3 atom stereocenters. The smallest absolute Gasteiger partial charge is 0.147 e. The minimum Gasteiger partial charge on any atom is -0.314 e. The van der Waals surface area contributed by atoms with Gasteiger partial charge in [-0.2, -0.15) is 0 Å². The lowest BCUT2D eigenvalue weighted by atomic mass is 9.86. The van der Waals surface area contributed by atoms with Gasteiger partial charge in [-0.3, -0.25) is 0 Å². The van der Waals surface area contributed by atoms with Crippen LogP contribution in [0.15, 0.2) is 0 Å². The Bertz CT molecular complexity index is 401. The molecule has 1 aromatic heterocycles. The fourth-order valence-electron chi connectivity index (χ4n) is 3.85. The van der Waals surface area contributed by atoms with Gasteiger partial charge in [-0.15, -0.1) is 21.8 Å². The van der Waals surface area contributed by atoms with E-state index in [2.05, 4.69) is 21.7 Å². The van der Waals surface area contributed by atoms with Gasteiger partial charge in [0, 0.05) is 13.0 Å². The van der Waals surface area contributed by atoms with Crippen LogP contribution in [0.25, 0.3) is 0 Å². The fraction of sp³-hybridized carbons (Fsp3) is 0.846. The molecule has 2 aliphatic rings. The molecular weight excluding hydrogens is 234 g/mol. The van der Waals surface area contributed by atoms with Gasteiger partial charge in [-0.25, -0.2) is 0 Å². The lowest BCUT2D eigenvalue weighted by Crippen LogP contribution is -2.16. The highest BCUT2D eigenvalue weighted by Crippen LogP contribution is 2.49. The molecule has 0 aliphatic heterocycles. The summed E-state index contributed by atoms with van der Waals surface area (Å²) in [6, 6.07) is 0. The minimum absolute atomic E-state index is 0.470. The maximum Gasteiger partial charge on any atom is 0.147 e. The monoisotopic (exact) mass is 253 g/mol. The molecule has 3 unspecified atom stereocenters. The number of hydrogen-bond donors (Lipinski definition) is 0. The summed E-state index contributed by atoms with van der Waals surface area (Å²) in [4.78, 5) is 0. The molecule has 94 valence electrons. The summed E-state index contributed by atoms with van der Waals surface area (Å²) in [6.45, 7) is 3.08. The van der Waals surface area contributed by atoms with Crippen molar-refractivity contribution in [3.63, 3.8) is 0 Å². The Morgan fingerprint density at radius 1 is 1.24 bits per heavy atom. The van der Waals surface area contributed by atoms with E-state index in [4.69, 9.17) is 11.6 Å². The van der Waals surface area contributed by atoms with E-state index in [1.165, 1.54) is 25.7 Å². The van der Waals surface area contributed by atoms with Crippen molar-refractivity contribution >= 4 is 11.6 Å². The summed E-state index contributed by atoms with van der Waals surface area (Å²) >= 11 is 5.88. The van der Waals surface area contributed by atoms with Crippen molar-refractivity contribution in [2.45, 2.75) is 51.5 Å². The van der Waals surface area contributed by atoms with Gasteiger partial charge in [0.2, 0.25) is 0 Å². The third-order valence-electron chi connectivity index (χ3n) is 4.67. The summed E-state index contributed by atoms with van der Waals surface area (Å²) in [5.41, 5.74) is 0. The normalized spacial score (nSPS) is 31.3. The Hall–Kier alpha value is -0.570. The third-order valence-corrected chi connectivity index (χ3v) is 4.91. The Kier molecular flexibility index (Phi) is 3.12. The highest BCUT2D eigenvalue weighted by Gasteiger charge is 2.39. The van der Waals surface area contributed by atoms with Crippen molar-refractivity contribution in [1.82, 2.24) is 14.8 Å². The molecule has 0 aromatic carbocycles. The van der Waals surface area contributed by atoms with Gasteiger partial charge in [0.05, 0.1) is 5.88 Å². The quantitative estimate of drug-likeness (QED) is 0.773. The molecule has 2 saturated carbocycles. The first-order valence-electron chi connectivity index (χ1n) is 6.78. The van der Waals surface area contributed by atoms with Crippen LogP contribution in [-0.2, 0) is 18.8 Å². The summed E-state index contributed by atoms with van der Waals surface area (Å²) in [6.07, 6.45) is 6.90. The van der Waals surface area contributed by atoms with Gasteiger partial charge >= 0.3 is 0 Å². The first kappa shape index (κ1) is 11.5. The third kappa shape index (κ3) is 1.99. The molecule has 1 heterocycles. The predicted octanol–water partition coefficient (Wildman–Crippen LogP) is 3.02. The molecule has 0 spiro atoms. The van der Waals surface area contributed by atoms with Crippen LogP contribution in [0.5, 0.6) is 0 Å². The number of halogens is 1. The van der Waals surface area contributed by atoms with Crippen LogP contribution in [0.3, 0.4) is 0 Å². The Morgan fingerprint density at radius 2 is 2.06 bits per heavy atom. The second-order valence-corrected chi connectivity index (χ2v) is 5.82. The highest BCUT2D eigenvalue weighted by molar-refractivity contribution is 6.16. The van der Waals surface area contributed by atoms with Crippen molar-refractivity contribution in [3.8, 4) is 0 Å². The van der Waals surface area contributed by atoms with Crippen molar-refractivity contribution in [2.24, 2.45) is 17.8 Å². The van der Waals surface area contributed by atoms with Crippen molar-refractivity contribution in [3.05, 3.63) is 11.6 Å². The van der Waals surface area contributed by atoms with E-state index in [9.17, 15) is 0 Å². The first-order chi connectivity index (χ1) is 8.31. The average molecular weight is 254 g/mol.